The van der Waals surface area contributed by atoms with Crippen LogP contribution in [0.2, 0.25) is 0 Å². The Bertz CT molecular complexity index is 900. The zero-order valence-corrected chi connectivity index (χ0v) is 15.2. The van der Waals surface area contributed by atoms with Gasteiger partial charge < -0.3 is 10.2 Å². The Balaban J connectivity index is 1.37. The molecule has 4 nitrogen and oxygen atoms in total. The van der Waals surface area contributed by atoms with Crippen LogP contribution in [0.15, 0.2) is 48.5 Å². The average Bonchev–Trinajstić information content (AvgIpc) is 2.96. The lowest BCUT2D eigenvalue weighted by Crippen LogP contribution is -2.54. The molecule has 1 N–H and O–H groups in total. The molecule has 3 aromatic rings. The molecule has 0 aliphatic carbocycles. The van der Waals surface area contributed by atoms with E-state index in [2.05, 4.69) is 35.3 Å². The molecular weight excluding hydrogens is 330 g/mol. The molecule has 1 fully saturated rings. The Morgan fingerprint density at radius 1 is 1.24 bits per heavy atom. The van der Waals surface area contributed by atoms with E-state index in [1.165, 1.54) is 10.3 Å². The highest BCUT2D eigenvalue weighted by Crippen LogP contribution is 2.33. The maximum absolute atomic E-state index is 12.4. The second-order valence-corrected chi connectivity index (χ2v) is 7.72. The predicted molar refractivity (Wildman–Crippen MR) is 103 cm³/mol. The monoisotopic (exact) mass is 351 g/mol. The molecule has 4 rings (SSSR count). The third-order valence-corrected chi connectivity index (χ3v) is 5.79. The molecule has 1 aliphatic rings. The molecule has 0 unspecified atom stereocenters. The van der Waals surface area contributed by atoms with E-state index in [9.17, 15) is 4.79 Å². The molecule has 0 spiro atoms. The SMILES string of the molecule is Cc1ccc2nc(N3CC(C(=O)N[C@@H](C)c4ccccc4)C3)sc2c1. The molecule has 0 saturated carbocycles. The van der Waals surface area contributed by atoms with Crippen LogP contribution in [0.1, 0.15) is 24.1 Å². The first-order valence-corrected chi connectivity index (χ1v) is 9.39. The van der Waals surface area contributed by atoms with Crippen LogP contribution in [0.4, 0.5) is 5.13 Å². The predicted octanol–water partition coefficient (Wildman–Crippen LogP) is 3.92. The fraction of sp³-hybridized carbons (Fsp3) is 0.300. The van der Waals surface area contributed by atoms with Crippen LogP contribution in [-0.4, -0.2) is 24.0 Å². The fourth-order valence-corrected chi connectivity index (χ4v) is 4.19. The number of anilines is 1. The number of hydrogen-bond acceptors (Lipinski definition) is 4. The summed E-state index contributed by atoms with van der Waals surface area (Å²) < 4.78 is 1.21. The summed E-state index contributed by atoms with van der Waals surface area (Å²) in [6.45, 7) is 5.61. The van der Waals surface area contributed by atoms with Gasteiger partial charge in [-0.1, -0.05) is 47.7 Å². The van der Waals surface area contributed by atoms with Crippen LogP contribution in [0.25, 0.3) is 10.2 Å². The average molecular weight is 351 g/mol. The number of aryl methyl sites for hydroxylation is 1. The summed E-state index contributed by atoms with van der Waals surface area (Å²) >= 11 is 1.70. The van der Waals surface area contributed by atoms with Crippen molar-refractivity contribution in [3.8, 4) is 0 Å². The third kappa shape index (κ3) is 3.24. The van der Waals surface area contributed by atoms with Crippen molar-refractivity contribution in [1.29, 1.82) is 0 Å². The van der Waals surface area contributed by atoms with Crippen molar-refractivity contribution in [2.24, 2.45) is 5.92 Å². The zero-order chi connectivity index (χ0) is 17.4. The lowest BCUT2D eigenvalue weighted by Gasteiger charge is -2.38. The standard InChI is InChI=1S/C20H21N3OS/c1-13-8-9-17-18(10-13)25-20(22-17)23-11-16(12-23)19(24)21-14(2)15-6-4-3-5-7-15/h3-10,14,16H,11-12H2,1-2H3,(H,21,24)/t14-/m0/s1. The Labute approximate surface area is 151 Å². The molecule has 1 aromatic heterocycles. The minimum absolute atomic E-state index is 0.0353. The number of aromatic nitrogens is 1. The number of nitrogens with one attached hydrogen (secondary N) is 1. The van der Waals surface area contributed by atoms with Crippen molar-refractivity contribution in [3.63, 3.8) is 0 Å². The molecule has 128 valence electrons. The van der Waals surface area contributed by atoms with Gasteiger partial charge in [-0.15, -0.1) is 0 Å². The summed E-state index contributed by atoms with van der Waals surface area (Å²) in [4.78, 5) is 19.3. The van der Waals surface area contributed by atoms with Gasteiger partial charge in [-0.25, -0.2) is 4.98 Å². The van der Waals surface area contributed by atoms with E-state index >= 15 is 0 Å². The molecule has 5 heteroatoms. The van der Waals surface area contributed by atoms with E-state index in [0.29, 0.717) is 0 Å². The van der Waals surface area contributed by atoms with Gasteiger partial charge in [-0.2, -0.15) is 0 Å². The number of fused-ring (bicyclic) bond motifs is 1. The van der Waals surface area contributed by atoms with Crippen molar-refractivity contribution in [2.75, 3.05) is 18.0 Å². The summed E-state index contributed by atoms with van der Waals surface area (Å²) in [6.07, 6.45) is 0. The highest BCUT2D eigenvalue weighted by molar-refractivity contribution is 7.22. The minimum atomic E-state index is 0.0353. The number of benzene rings is 2. The topological polar surface area (TPSA) is 45.2 Å². The van der Waals surface area contributed by atoms with Gasteiger partial charge in [0, 0.05) is 13.1 Å². The van der Waals surface area contributed by atoms with Crippen molar-refractivity contribution < 1.29 is 4.79 Å². The quantitative estimate of drug-likeness (QED) is 0.775. The van der Waals surface area contributed by atoms with Crippen molar-refractivity contribution in [1.82, 2.24) is 10.3 Å². The maximum atomic E-state index is 12.4. The van der Waals surface area contributed by atoms with Crippen LogP contribution in [0, 0.1) is 12.8 Å². The fourth-order valence-electron chi connectivity index (χ4n) is 3.11. The van der Waals surface area contributed by atoms with Crippen molar-refractivity contribution in [3.05, 3.63) is 59.7 Å². The van der Waals surface area contributed by atoms with Crippen LogP contribution in [0.3, 0.4) is 0 Å². The number of hydrogen-bond donors (Lipinski definition) is 1. The Morgan fingerprint density at radius 2 is 2.00 bits per heavy atom. The highest BCUT2D eigenvalue weighted by Gasteiger charge is 2.34. The lowest BCUT2D eigenvalue weighted by molar-refractivity contribution is -0.126. The number of rotatable bonds is 4. The molecule has 25 heavy (non-hydrogen) atoms. The van der Waals surface area contributed by atoms with E-state index < -0.39 is 0 Å². The molecule has 1 atom stereocenters. The molecule has 2 heterocycles. The van der Waals surface area contributed by atoms with Gasteiger partial charge in [0.2, 0.25) is 5.91 Å². The number of carbonyl (C=O) groups is 1. The minimum Gasteiger partial charge on any atom is -0.349 e. The summed E-state index contributed by atoms with van der Waals surface area (Å²) in [6, 6.07) is 16.4. The highest BCUT2D eigenvalue weighted by atomic mass is 32.1. The van der Waals surface area contributed by atoms with Crippen LogP contribution >= 0.6 is 11.3 Å². The molecule has 0 bridgehead atoms. The zero-order valence-electron chi connectivity index (χ0n) is 14.4. The van der Waals surface area contributed by atoms with E-state index in [-0.39, 0.29) is 17.9 Å². The van der Waals surface area contributed by atoms with Crippen molar-refractivity contribution in [2.45, 2.75) is 19.9 Å². The van der Waals surface area contributed by atoms with Gasteiger partial charge in [0.1, 0.15) is 0 Å². The maximum Gasteiger partial charge on any atom is 0.227 e. The molecule has 1 amide bonds. The first kappa shape index (κ1) is 16.1. The Morgan fingerprint density at radius 3 is 2.76 bits per heavy atom. The van der Waals surface area contributed by atoms with Gasteiger partial charge in [0.25, 0.3) is 0 Å². The second-order valence-electron chi connectivity index (χ2n) is 6.71. The largest absolute Gasteiger partial charge is 0.349 e. The second kappa shape index (κ2) is 6.48. The van der Waals surface area contributed by atoms with Gasteiger partial charge >= 0.3 is 0 Å². The Hall–Kier alpha value is -2.40. The molecule has 1 aliphatic heterocycles. The smallest absolute Gasteiger partial charge is 0.227 e. The first-order chi connectivity index (χ1) is 12.1. The summed E-state index contributed by atoms with van der Waals surface area (Å²) in [5.41, 5.74) is 3.42. The van der Waals surface area contributed by atoms with Crippen molar-refractivity contribution >= 4 is 32.6 Å². The number of nitrogens with zero attached hydrogens (tertiary/aromatic N) is 2. The van der Waals surface area contributed by atoms with Crippen LogP contribution < -0.4 is 10.2 Å². The lowest BCUT2D eigenvalue weighted by atomic mass is 9.99. The molecule has 0 radical (unpaired) electrons. The van der Waals surface area contributed by atoms with Crippen LogP contribution in [0.5, 0.6) is 0 Å². The van der Waals surface area contributed by atoms with E-state index in [4.69, 9.17) is 4.98 Å². The van der Waals surface area contributed by atoms with Gasteiger partial charge in [-0.05, 0) is 37.1 Å². The molecule has 1 saturated heterocycles. The first-order valence-electron chi connectivity index (χ1n) is 8.57. The van der Waals surface area contributed by atoms with Gasteiger partial charge in [-0.3, -0.25) is 4.79 Å². The van der Waals surface area contributed by atoms with Crippen LogP contribution in [-0.2, 0) is 4.79 Å². The number of amides is 1. The number of carbonyl (C=O) groups excluding carboxylic acids is 1. The van der Waals surface area contributed by atoms with Gasteiger partial charge in [0.15, 0.2) is 5.13 Å². The normalized spacial score (nSPS) is 15.8. The summed E-state index contributed by atoms with van der Waals surface area (Å²) in [7, 11) is 0. The van der Waals surface area contributed by atoms with Gasteiger partial charge in [0.05, 0.1) is 22.2 Å². The van der Waals surface area contributed by atoms with E-state index in [1.807, 2.05) is 37.3 Å². The number of thiazole rings is 1. The summed E-state index contributed by atoms with van der Waals surface area (Å²) in [5.74, 6) is 0.171. The Kier molecular flexibility index (Phi) is 4.17. The van der Waals surface area contributed by atoms with E-state index in [0.717, 1.165) is 29.3 Å². The molecule has 2 aromatic carbocycles. The summed E-state index contributed by atoms with van der Waals surface area (Å²) in [5, 5.41) is 4.14. The third-order valence-electron chi connectivity index (χ3n) is 4.71. The van der Waals surface area contributed by atoms with E-state index in [1.54, 1.807) is 11.3 Å². The molecular formula is C20H21N3OS.